The van der Waals surface area contributed by atoms with Gasteiger partial charge in [0, 0.05) is 6.54 Å². The highest BCUT2D eigenvalue weighted by Crippen LogP contribution is 2.19. The van der Waals surface area contributed by atoms with E-state index in [-0.39, 0.29) is 18.1 Å². The number of hydrogen-bond donors (Lipinski definition) is 3. The van der Waals surface area contributed by atoms with Crippen molar-refractivity contribution >= 4 is 17.3 Å². The van der Waals surface area contributed by atoms with Gasteiger partial charge in [0.15, 0.2) is 0 Å². The lowest BCUT2D eigenvalue weighted by Gasteiger charge is -2.27. The van der Waals surface area contributed by atoms with Crippen LogP contribution in [-0.4, -0.2) is 41.1 Å². The number of aliphatic hydroxyl groups is 1. The summed E-state index contributed by atoms with van der Waals surface area (Å²) < 4.78 is 12.9. The molecule has 112 valence electrons. The summed E-state index contributed by atoms with van der Waals surface area (Å²) in [5, 5.41) is 12.4. The van der Waals surface area contributed by atoms with Gasteiger partial charge in [0.1, 0.15) is 5.82 Å². The minimum absolute atomic E-state index is 0.136. The van der Waals surface area contributed by atoms with E-state index in [1.54, 1.807) is 13.8 Å². The Bertz CT molecular complexity index is 472. The fraction of sp³-hybridized carbons (Fsp3) is 0.500. The number of halogens is 1. The Hall–Kier alpha value is -1.66. The van der Waals surface area contributed by atoms with Gasteiger partial charge in [0.05, 0.1) is 23.5 Å². The van der Waals surface area contributed by atoms with E-state index in [0.717, 1.165) is 6.07 Å². The predicted octanol–water partition coefficient (Wildman–Crippen LogP) is 1.44. The van der Waals surface area contributed by atoms with Crippen molar-refractivity contribution in [1.82, 2.24) is 4.90 Å². The highest BCUT2D eigenvalue weighted by molar-refractivity contribution is 5.95. The number of carbonyl (C=O) groups excluding carboxylic acids is 1. The van der Waals surface area contributed by atoms with Crippen LogP contribution in [0, 0.1) is 5.82 Å². The first-order valence-electron chi connectivity index (χ1n) is 6.51. The number of nitrogens with one attached hydrogen (secondary N) is 1. The van der Waals surface area contributed by atoms with Crippen LogP contribution < -0.4 is 11.1 Å². The largest absolute Gasteiger partial charge is 0.397 e. The summed E-state index contributed by atoms with van der Waals surface area (Å²) in [6.45, 7) is 6.44. The van der Waals surface area contributed by atoms with Gasteiger partial charge in [0.2, 0.25) is 5.91 Å². The first-order valence-corrected chi connectivity index (χ1v) is 6.51. The number of nitrogen functional groups attached to an aromatic ring is 1. The zero-order chi connectivity index (χ0) is 15.3. The fourth-order valence-corrected chi connectivity index (χ4v) is 1.87. The maximum absolute atomic E-state index is 12.9. The SMILES string of the molecule is CCN(CC(=O)Nc1ccc(F)cc1N)CC(C)(C)O. The molecule has 0 radical (unpaired) electrons. The van der Waals surface area contributed by atoms with Crippen molar-refractivity contribution in [2.75, 3.05) is 30.7 Å². The number of anilines is 2. The molecule has 0 atom stereocenters. The summed E-state index contributed by atoms with van der Waals surface area (Å²) in [7, 11) is 0. The number of hydrogen-bond acceptors (Lipinski definition) is 4. The molecule has 6 heteroatoms. The number of nitrogens with zero attached hydrogens (tertiary/aromatic N) is 1. The normalized spacial score (nSPS) is 11.7. The molecular formula is C14H22FN3O2. The standard InChI is InChI=1S/C14H22FN3O2/c1-4-18(9-14(2,3)20)8-13(19)17-12-6-5-10(15)7-11(12)16/h5-7,20H,4,8-9,16H2,1-3H3,(H,17,19). The lowest BCUT2D eigenvalue weighted by Crippen LogP contribution is -2.42. The molecule has 20 heavy (non-hydrogen) atoms. The summed E-state index contributed by atoms with van der Waals surface area (Å²) in [4.78, 5) is 13.7. The van der Waals surface area contributed by atoms with Gasteiger partial charge in [-0.1, -0.05) is 6.92 Å². The highest BCUT2D eigenvalue weighted by atomic mass is 19.1. The maximum atomic E-state index is 12.9. The van der Waals surface area contributed by atoms with E-state index >= 15 is 0 Å². The van der Waals surface area contributed by atoms with E-state index in [1.165, 1.54) is 12.1 Å². The lowest BCUT2D eigenvalue weighted by atomic mass is 10.1. The minimum atomic E-state index is -0.870. The lowest BCUT2D eigenvalue weighted by molar-refractivity contribution is -0.117. The van der Waals surface area contributed by atoms with Crippen molar-refractivity contribution in [2.24, 2.45) is 0 Å². The van der Waals surface area contributed by atoms with Crippen LogP contribution in [0.4, 0.5) is 15.8 Å². The predicted molar refractivity (Wildman–Crippen MR) is 77.9 cm³/mol. The Kier molecular flexibility index (Phi) is 5.47. The molecule has 0 heterocycles. The third-order valence-electron chi connectivity index (χ3n) is 2.71. The third-order valence-corrected chi connectivity index (χ3v) is 2.71. The smallest absolute Gasteiger partial charge is 0.238 e. The molecule has 0 saturated carbocycles. The summed E-state index contributed by atoms with van der Waals surface area (Å²) in [6, 6.07) is 3.82. The topological polar surface area (TPSA) is 78.6 Å². The van der Waals surface area contributed by atoms with Crippen molar-refractivity contribution in [3.05, 3.63) is 24.0 Å². The van der Waals surface area contributed by atoms with Gasteiger partial charge < -0.3 is 16.2 Å². The van der Waals surface area contributed by atoms with Gasteiger partial charge in [-0.05, 0) is 38.6 Å². The zero-order valence-electron chi connectivity index (χ0n) is 12.1. The first kappa shape index (κ1) is 16.4. The number of rotatable bonds is 6. The van der Waals surface area contributed by atoms with Gasteiger partial charge in [-0.3, -0.25) is 9.69 Å². The Balaban J connectivity index is 2.62. The minimum Gasteiger partial charge on any atom is -0.397 e. The second-order valence-corrected chi connectivity index (χ2v) is 5.40. The Labute approximate surface area is 118 Å². The molecule has 1 aromatic carbocycles. The van der Waals surface area contributed by atoms with Gasteiger partial charge in [-0.2, -0.15) is 0 Å². The van der Waals surface area contributed by atoms with Gasteiger partial charge >= 0.3 is 0 Å². The molecule has 1 amide bonds. The second kappa shape index (κ2) is 6.67. The highest BCUT2D eigenvalue weighted by Gasteiger charge is 2.19. The van der Waals surface area contributed by atoms with Crippen molar-refractivity contribution in [2.45, 2.75) is 26.4 Å². The van der Waals surface area contributed by atoms with Gasteiger partial charge in [-0.25, -0.2) is 4.39 Å². The molecule has 4 N–H and O–H groups in total. The molecule has 0 aliphatic carbocycles. The second-order valence-electron chi connectivity index (χ2n) is 5.40. The molecule has 5 nitrogen and oxygen atoms in total. The summed E-state index contributed by atoms with van der Waals surface area (Å²) in [5.74, 6) is -0.702. The van der Waals surface area contributed by atoms with Gasteiger partial charge in [0.25, 0.3) is 0 Å². The van der Waals surface area contributed by atoms with Crippen molar-refractivity contribution in [1.29, 1.82) is 0 Å². The maximum Gasteiger partial charge on any atom is 0.238 e. The zero-order valence-corrected chi connectivity index (χ0v) is 12.1. The average molecular weight is 283 g/mol. The monoisotopic (exact) mass is 283 g/mol. The van der Waals surface area contributed by atoms with Crippen LogP contribution in [0.5, 0.6) is 0 Å². The van der Waals surface area contributed by atoms with E-state index < -0.39 is 11.4 Å². The summed E-state index contributed by atoms with van der Waals surface area (Å²) in [5.41, 5.74) is 5.33. The van der Waals surface area contributed by atoms with E-state index in [4.69, 9.17) is 5.73 Å². The molecule has 0 unspecified atom stereocenters. The molecule has 0 saturated heterocycles. The Morgan fingerprint density at radius 2 is 2.15 bits per heavy atom. The molecule has 1 rings (SSSR count). The first-order chi connectivity index (χ1) is 9.21. The number of nitrogens with two attached hydrogens (primary N) is 1. The van der Waals surface area contributed by atoms with Crippen molar-refractivity contribution < 1.29 is 14.3 Å². The fourth-order valence-electron chi connectivity index (χ4n) is 1.87. The number of amides is 1. The summed E-state index contributed by atoms with van der Waals surface area (Å²) >= 11 is 0. The molecule has 0 fully saturated rings. The molecular weight excluding hydrogens is 261 g/mol. The van der Waals surface area contributed by atoms with Crippen LogP contribution in [0.3, 0.4) is 0 Å². The van der Waals surface area contributed by atoms with Gasteiger partial charge in [-0.15, -0.1) is 0 Å². The van der Waals surface area contributed by atoms with Crippen LogP contribution >= 0.6 is 0 Å². The van der Waals surface area contributed by atoms with Crippen LogP contribution in [0.25, 0.3) is 0 Å². The van der Waals surface area contributed by atoms with E-state index in [2.05, 4.69) is 5.32 Å². The van der Waals surface area contributed by atoms with E-state index in [0.29, 0.717) is 18.8 Å². The Morgan fingerprint density at radius 3 is 2.65 bits per heavy atom. The average Bonchev–Trinajstić information content (AvgIpc) is 2.30. The van der Waals surface area contributed by atoms with Crippen molar-refractivity contribution in [3.8, 4) is 0 Å². The number of benzene rings is 1. The van der Waals surface area contributed by atoms with E-state index in [9.17, 15) is 14.3 Å². The molecule has 0 bridgehead atoms. The van der Waals surface area contributed by atoms with E-state index in [1.807, 2.05) is 11.8 Å². The molecule has 0 aromatic heterocycles. The molecule has 0 spiro atoms. The number of carbonyl (C=O) groups is 1. The van der Waals surface area contributed by atoms with Crippen LogP contribution in [0.15, 0.2) is 18.2 Å². The summed E-state index contributed by atoms with van der Waals surface area (Å²) in [6.07, 6.45) is 0. The molecule has 0 aliphatic heterocycles. The third kappa shape index (κ3) is 5.54. The quantitative estimate of drug-likeness (QED) is 0.690. The van der Waals surface area contributed by atoms with Crippen LogP contribution in [0.2, 0.25) is 0 Å². The van der Waals surface area contributed by atoms with Crippen LogP contribution in [-0.2, 0) is 4.79 Å². The molecule has 1 aromatic rings. The van der Waals surface area contributed by atoms with Crippen molar-refractivity contribution in [3.63, 3.8) is 0 Å². The number of likely N-dealkylation sites (N-methyl/N-ethyl adjacent to an activating group) is 1. The van der Waals surface area contributed by atoms with Crippen LogP contribution in [0.1, 0.15) is 20.8 Å². The Morgan fingerprint density at radius 1 is 1.50 bits per heavy atom. The molecule has 0 aliphatic rings.